The van der Waals surface area contributed by atoms with Crippen LogP contribution in [0.5, 0.6) is 5.88 Å². The van der Waals surface area contributed by atoms with E-state index in [9.17, 15) is 33.2 Å². The molecule has 109 heavy (non-hydrogen) atoms. The highest BCUT2D eigenvalue weighted by Gasteiger charge is 2.35. The van der Waals surface area contributed by atoms with E-state index in [0.717, 1.165) is 135 Å². The molecule has 0 radical (unpaired) electrons. The van der Waals surface area contributed by atoms with E-state index >= 15 is 0 Å². The summed E-state index contributed by atoms with van der Waals surface area (Å²) in [5, 5.41) is 4.67. The van der Waals surface area contributed by atoms with E-state index in [1.54, 1.807) is 28.9 Å². The highest BCUT2D eigenvalue weighted by Crippen LogP contribution is 2.40. The Hall–Kier alpha value is -10.1. The minimum absolute atomic E-state index is 0.0762. The first-order valence-electron chi connectivity index (χ1n) is 38.0. The molecule has 0 atom stereocenters. The van der Waals surface area contributed by atoms with Gasteiger partial charge >= 0.3 is 17.9 Å². The fraction of sp³-hybridized carbons (Fsp3) is 0.440. The molecule has 0 aliphatic carbocycles. The minimum Gasteiger partial charge on any atom is -0.477 e. The molecule has 5 aromatic heterocycles. The van der Waals surface area contributed by atoms with Crippen molar-refractivity contribution < 1.29 is 56.5 Å². The number of benzene rings is 4. The lowest BCUT2D eigenvalue weighted by atomic mass is 9.99. The van der Waals surface area contributed by atoms with Gasteiger partial charge in [0.2, 0.25) is 5.88 Å². The van der Waals surface area contributed by atoms with Crippen molar-refractivity contribution in [2.45, 2.75) is 79.6 Å². The lowest BCUT2D eigenvalue weighted by molar-refractivity contribution is 0.0512. The Morgan fingerprint density at radius 3 is 1.38 bits per heavy atom. The number of halogens is 1. The van der Waals surface area contributed by atoms with E-state index in [-0.39, 0.29) is 54.6 Å². The SMILES string of the molecule is CCOC(=O)c1c(CCCCN(C)C)nc2ccc(C)cc2c1N1CCN(C(=O)c2ccc(F)cc2)CC1.CCOC(=O)c1c(CCCCN(C)C)nc2ccc(C)cc2c1N1CCN(C(=O)c2cccs2)CC1.CCOC(=O)c1c(OCCCN(C)C)nc2ccccc2c1N1CCN(C(=O)c2ccco2)CC1. The van der Waals surface area contributed by atoms with Gasteiger partial charge in [0, 0.05) is 107 Å². The molecule has 3 aliphatic rings. The summed E-state index contributed by atoms with van der Waals surface area (Å²) in [4.78, 5) is 112. The summed E-state index contributed by atoms with van der Waals surface area (Å²) in [6.07, 6.45) is 7.58. The number of furan rings is 1. The molecule has 3 aliphatic heterocycles. The Balaban J connectivity index is 0.000000174. The first-order valence-corrected chi connectivity index (χ1v) is 38.9. The van der Waals surface area contributed by atoms with E-state index in [2.05, 4.69) is 87.7 Å². The quantitative estimate of drug-likeness (QED) is 0.0265. The van der Waals surface area contributed by atoms with Gasteiger partial charge in [-0.15, -0.1) is 11.3 Å². The number of aryl methyl sites for hydroxylation is 4. The highest BCUT2D eigenvalue weighted by molar-refractivity contribution is 7.12. The van der Waals surface area contributed by atoms with Crippen molar-refractivity contribution in [3.63, 3.8) is 0 Å². The number of amides is 3. The van der Waals surface area contributed by atoms with Crippen molar-refractivity contribution in [3.05, 3.63) is 182 Å². The smallest absolute Gasteiger partial charge is 0.345 e. The zero-order valence-corrected chi connectivity index (χ0v) is 65.9. The largest absolute Gasteiger partial charge is 0.477 e. The number of piperazine rings is 3. The molecular formula is C84H105FN12O11S. The fourth-order valence-corrected chi connectivity index (χ4v) is 14.6. The van der Waals surface area contributed by atoms with Gasteiger partial charge in [-0.1, -0.05) is 47.5 Å². The molecule has 0 unspecified atom stereocenters. The molecule has 8 heterocycles. The molecule has 4 aromatic carbocycles. The Labute approximate surface area is 643 Å². The zero-order chi connectivity index (χ0) is 77.7. The van der Waals surface area contributed by atoms with Crippen LogP contribution in [0.15, 0.2) is 125 Å². The van der Waals surface area contributed by atoms with Gasteiger partial charge in [-0.25, -0.2) is 23.8 Å². The average Bonchev–Trinajstić information content (AvgIpc) is 1.71. The number of carbonyl (C=O) groups is 6. The number of hydrogen-bond acceptors (Lipinski definition) is 21. The molecule has 580 valence electrons. The predicted molar refractivity (Wildman–Crippen MR) is 428 cm³/mol. The standard InChI is InChI=1S/C30H37FN4O3.C28H36N4O3S.C26H32N4O5/c1-5-38-30(37)27-26(8-6-7-15-33(3)4)32-25-14-9-21(2)20-24(25)28(27)34-16-18-35(19-17-34)29(36)22-10-12-23(31)13-11-22;1-5-35-28(34)25-23(9-6-7-13-30(3)4)29-22-12-11-20(2)19-21(22)26(25)31-14-16-32(17-15-31)27(33)24-10-8-18-36-24;1-4-33-26(32)22-23(29-13-15-30(16-14-29)25(31)21-11-7-17-34-21)19-9-5-6-10-20(19)27-24(22)35-18-8-12-28(2)3/h9-14,20H,5-8,15-19H2,1-4H3;8,10-12,18-19H,5-7,9,13-17H2,1-4H3;5-7,9-11,17H,4,8,12-16,18H2,1-3H3. The second-order valence-electron chi connectivity index (χ2n) is 28.2. The summed E-state index contributed by atoms with van der Waals surface area (Å²) in [5.74, 6) is -1.07. The van der Waals surface area contributed by atoms with E-state index in [0.29, 0.717) is 126 Å². The van der Waals surface area contributed by atoms with Crippen molar-refractivity contribution in [2.24, 2.45) is 0 Å². The first kappa shape index (κ1) is 81.4. The molecule has 23 nitrogen and oxygen atoms in total. The number of unbranched alkanes of at least 4 members (excludes halogenated alkanes) is 2. The average molecular weight is 1510 g/mol. The highest BCUT2D eigenvalue weighted by atomic mass is 32.1. The maximum atomic E-state index is 13.4. The zero-order valence-electron chi connectivity index (χ0n) is 65.1. The number of nitrogens with zero attached hydrogens (tertiary/aromatic N) is 12. The molecule has 3 fully saturated rings. The van der Waals surface area contributed by atoms with Gasteiger partial charge in [-0.2, -0.15) is 0 Å². The van der Waals surface area contributed by atoms with Gasteiger partial charge in [0.15, 0.2) is 5.76 Å². The minimum atomic E-state index is -0.461. The predicted octanol–water partition coefficient (Wildman–Crippen LogP) is 12.6. The topological polar surface area (TPSA) is 220 Å². The Morgan fingerprint density at radius 2 is 0.917 bits per heavy atom. The molecule has 0 bridgehead atoms. The van der Waals surface area contributed by atoms with Crippen LogP contribution in [0.25, 0.3) is 32.7 Å². The Kier molecular flexibility index (Phi) is 29.4. The Bertz CT molecular complexity index is 4550. The van der Waals surface area contributed by atoms with Crippen LogP contribution < -0.4 is 19.4 Å². The molecule has 25 heteroatoms. The summed E-state index contributed by atoms with van der Waals surface area (Å²) in [6.45, 7) is 20.3. The Morgan fingerprint density at radius 1 is 0.468 bits per heavy atom. The van der Waals surface area contributed by atoms with Crippen molar-refractivity contribution in [3.8, 4) is 5.88 Å². The van der Waals surface area contributed by atoms with Gasteiger partial charge < -0.3 is 67.5 Å². The third-order valence-electron chi connectivity index (χ3n) is 19.4. The van der Waals surface area contributed by atoms with Crippen LogP contribution in [-0.4, -0.2) is 247 Å². The van der Waals surface area contributed by atoms with Gasteiger partial charge in [0.05, 0.1) is 82.6 Å². The second kappa shape index (κ2) is 39.3. The first-order chi connectivity index (χ1) is 52.7. The van der Waals surface area contributed by atoms with E-state index in [1.165, 1.54) is 41.9 Å². The van der Waals surface area contributed by atoms with Crippen LogP contribution in [0.3, 0.4) is 0 Å². The van der Waals surface area contributed by atoms with Gasteiger partial charge in [0.1, 0.15) is 22.5 Å². The van der Waals surface area contributed by atoms with Crippen LogP contribution in [0.2, 0.25) is 0 Å². The number of hydrogen-bond donors (Lipinski definition) is 0. The number of anilines is 3. The summed E-state index contributed by atoms with van der Waals surface area (Å²) >= 11 is 1.47. The molecular weight excluding hydrogens is 1400 g/mol. The third-order valence-corrected chi connectivity index (χ3v) is 20.2. The van der Waals surface area contributed by atoms with Crippen LogP contribution in [0, 0.1) is 19.7 Å². The third kappa shape index (κ3) is 21.0. The monoisotopic (exact) mass is 1510 g/mol. The number of para-hydroxylation sites is 1. The fourth-order valence-electron chi connectivity index (χ4n) is 13.9. The van der Waals surface area contributed by atoms with Crippen LogP contribution >= 0.6 is 11.3 Å². The van der Waals surface area contributed by atoms with Crippen LogP contribution in [-0.2, 0) is 27.1 Å². The number of pyridine rings is 3. The molecule has 9 aromatic rings. The van der Waals surface area contributed by atoms with E-state index in [1.807, 2.05) is 99.7 Å². The molecule has 3 saturated heterocycles. The number of esters is 3. The van der Waals surface area contributed by atoms with Crippen LogP contribution in [0.4, 0.5) is 21.5 Å². The number of aromatic nitrogens is 3. The summed E-state index contributed by atoms with van der Waals surface area (Å²) in [7, 11) is 12.3. The van der Waals surface area contributed by atoms with Gasteiger partial charge in [0.25, 0.3) is 17.7 Å². The number of thiophene rings is 1. The second-order valence-corrected chi connectivity index (χ2v) is 29.2. The number of rotatable bonds is 27. The maximum Gasteiger partial charge on any atom is 0.345 e. The van der Waals surface area contributed by atoms with Crippen molar-refractivity contribution in [2.75, 3.05) is 182 Å². The van der Waals surface area contributed by atoms with Crippen molar-refractivity contribution in [1.82, 2.24) is 44.4 Å². The number of carbonyl (C=O) groups excluding carboxylic acids is 6. The normalized spacial score (nSPS) is 13.9. The van der Waals surface area contributed by atoms with E-state index in [4.69, 9.17) is 33.3 Å². The summed E-state index contributed by atoms with van der Waals surface area (Å²) in [5.41, 5.74) is 10.6. The van der Waals surface area contributed by atoms with Crippen molar-refractivity contribution in [1.29, 1.82) is 0 Å². The van der Waals surface area contributed by atoms with Crippen molar-refractivity contribution >= 4 is 96.7 Å². The molecule has 0 N–H and O–H groups in total. The van der Waals surface area contributed by atoms with Crippen LogP contribution in [0.1, 0.15) is 137 Å². The summed E-state index contributed by atoms with van der Waals surface area (Å²) < 4.78 is 41.2. The molecule has 0 saturated carbocycles. The lowest BCUT2D eigenvalue weighted by Crippen LogP contribution is -2.49. The van der Waals surface area contributed by atoms with Gasteiger partial charge in [-0.05, 0) is 213 Å². The maximum absolute atomic E-state index is 13.4. The molecule has 0 spiro atoms. The number of ether oxygens (including phenoxy) is 4. The molecule has 12 rings (SSSR count). The van der Waals surface area contributed by atoms with Gasteiger partial charge in [-0.3, -0.25) is 24.4 Å². The molecule has 3 amide bonds. The lowest BCUT2D eigenvalue weighted by Gasteiger charge is -2.37. The number of fused-ring (bicyclic) bond motifs is 3. The van der Waals surface area contributed by atoms with E-state index < -0.39 is 5.97 Å². The summed E-state index contributed by atoms with van der Waals surface area (Å²) in [6, 6.07) is 32.9.